The molecule has 0 saturated carbocycles. The monoisotopic (exact) mass is 341 g/mol. The summed E-state index contributed by atoms with van der Waals surface area (Å²) in [6, 6.07) is 4.04. The third-order valence-electron chi connectivity index (χ3n) is 3.15. The van der Waals surface area contributed by atoms with Crippen LogP contribution < -0.4 is 9.47 Å². The Hall–Kier alpha value is -2.02. The van der Waals surface area contributed by atoms with Crippen molar-refractivity contribution >= 4 is 17.5 Å². The van der Waals surface area contributed by atoms with Gasteiger partial charge in [-0.25, -0.2) is 13.6 Å². The Balaban J connectivity index is 2.35. The quantitative estimate of drug-likeness (QED) is 0.602. The number of benzene rings is 1. The van der Waals surface area contributed by atoms with E-state index in [0.717, 1.165) is 11.5 Å². The minimum absolute atomic E-state index is 0.0404. The van der Waals surface area contributed by atoms with Crippen LogP contribution in [-0.4, -0.2) is 17.5 Å². The zero-order valence-electron chi connectivity index (χ0n) is 13.2. The van der Waals surface area contributed by atoms with E-state index in [1.165, 1.54) is 25.3 Å². The number of methoxy groups -OCH3 is 1. The number of esters is 1. The number of hydrogen-bond acceptors (Lipinski definition) is 5. The highest BCUT2D eigenvalue weighted by Crippen LogP contribution is 2.37. The molecule has 0 aliphatic heterocycles. The Morgan fingerprint density at radius 1 is 1.30 bits per heavy atom. The summed E-state index contributed by atoms with van der Waals surface area (Å²) in [5.41, 5.74) is 0.282. The number of rotatable bonds is 4. The van der Waals surface area contributed by atoms with Crippen LogP contribution in [0.2, 0.25) is 0 Å². The number of ether oxygens (including phenoxy) is 2. The molecule has 0 N–H and O–H groups in total. The normalized spacial score (nSPS) is 11.6. The van der Waals surface area contributed by atoms with Crippen LogP contribution in [0.5, 0.6) is 11.5 Å². The lowest BCUT2D eigenvalue weighted by Gasteiger charge is -2.17. The van der Waals surface area contributed by atoms with Gasteiger partial charge in [0, 0.05) is 10.8 Å². The molecule has 0 bridgehead atoms. The predicted molar refractivity (Wildman–Crippen MR) is 83.7 cm³/mol. The van der Waals surface area contributed by atoms with Crippen molar-refractivity contribution in [3.05, 3.63) is 40.4 Å². The number of hydrogen-bond donors (Lipinski definition) is 0. The molecule has 1 heterocycles. The third-order valence-corrected chi connectivity index (χ3v) is 3.78. The van der Waals surface area contributed by atoms with Gasteiger partial charge in [-0.2, -0.15) is 4.37 Å². The Bertz CT molecular complexity index is 708. The first-order valence-electron chi connectivity index (χ1n) is 6.87. The van der Waals surface area contributed by atoms with Gasteiger partial charge in [-0.05, 0) is 23.7 Å². The molecule has 124 valence electrons. The molecule has 23 heavy (non-hydrogen) atoms. The Kier molecular flexibility index (Phi) is 4.99. The van der Waals surface area contributed by atoms with E-state index in [1.807, 2.05) is 20.8 Å². The van der Waals surface area contributed by atoms with Gasteiger partial charge in [0.25, 0.3) is 6.43 Å². The van der Waals surface area contributed by atoms with E-state index in [2.05, 4.69) is 4.37 Å². The number of aromatic nitrogens is 1. The first-order valence-corrected chi connectivity index (χ1v) is 7.71. The van der Waals surface area contributed by atoms with Crippen LogP contribution in [0.4, 0.5) is 8.78 Å². The molecule has 1 aromatic heterocycles. The van der Waals surface area contributed by atoms with Crippen LogP contribution in [-0.2, 0) is 5.41 Å². The number of carbonyl (C=O) groups is 1. The Labute approximate surface area is 137 Å². The van der Waals surface area contributed by atoms with E-state index in [4.69, 9.17) is 9.47 Å². The fourth-order valence-corrected chi connectivity index (χ4v) is 2.92. The second-order valence-electron chi connectivity index (χ2n) is 5.90. The highest BCUT2D eigenvalue weighted by Gasteiger charge is 2.27. The van der Waals surface area contributed by atoms with Crippen molar-refractivity contribution in [2.24, 2.45) is 0 Å². The molecule has 0 radical (unpaired) electrons. The van der Waals surface area contributed by atoms with Gasteiger partial charge in [0.1, 0.15) is 0 Å². The summed E-state index contributed by atoms with van der Waals surface area (Å²) in [5.74, 6) is -0.828. The minimum atomic E-state index is -2.73. The summed E-state index contributed by atoms with van der Waals surface area (Å²) >= 11 is 1.15. The van der Waals surface area contributed by atoms with E-state index >= 15 is 0 Å². The molecular formula is C16H17F2NO3S. The summed E-state index contributed by atoms with van der Waals surface area (Å²) in [7, 11) is 1.26. The van der Waals surface area contributed by atoms with Gasteiger partial charge in [0.15, 0.2) is 11.5 Å². The molecule has 0 amide bonds. The fourth-order valence-electron chi connectivity index (χ4n) is 2.08. The molecule has 0 atom stereocenters. The molecule has 0 fully saturated rings. The van der Waals surface area contributed by atoms with Gasteiger partial charge in [0.05, 0.1) is 23.9 Å². The van der Waals surface area contributed by atoms with E-state index in [-0.39, 0.29) is 22.5 Å². The van der Waals surface area contributed by atoms with Crippen LogP contribution in [0.25, 0.3) is 0 Å². The van der Waals surface area contributed by atoms with Gasteiger partial charge in [0.2, 0.25) is 0 Å². The fraction of sp³-hybridized carbons (Fsp3) is 0.375. The molecule has 7 heteroatoms. The van der Waals surface area contributed by atoms with Gasteiger partial charge < -0.3 is 9.47 Å². The van der Waals surface area contributed by atoms with Crippen LogP contribution >= 0.6 is 11.5 Å². The number of carbonyl (C=O) groups excluding carboxylic acids is 1. The van der Waals surface area contributed by atoms with Crippen molar-refractivity contribution in [2.45, 2.75) is 32.6 Å². The minimum Gasteiger partial charge on any atom is -0.492 e. The van der Waals surface area contributed by atoms with Crippen molar-refractivity contribution < 1.29 is 23.0 Å². The molecule has 4 nitrogen and oxygen atoms in total. The first-order chi connectivity index (χ1) is 10.8. The number of halogens is 2. The lowest BCUT2D eigenvalue weighted by molar-refractivity contribution is 0.0724. The average Bonchev–Trinajstić information content (AvgIpc) is 2.96. The largest absolute Gasteiger partial charge is 0.492 e. The second-order valence-corrected chi connectivity index (χ2v) is 6.52. The van der Waals surface area contributed by atoms with Gasteiger partial charge in [-0.1, -0.05) is 26.8 Å². The molecule has 0 unspecified atom stereocenters. The van der Waals surface area contributed by atoms with Crippen LogP contribution in [0.1, 0.15) is 48.8 Å². The van der Waals surface area contributed by atoms with Crippen molar-refractivity contribution in [3.63, 3.8) is 0 Å². The number of para-hydroxylation sites is 1. The second kappa shape index (κ2) is 6.62. The molecule has 0 saturated heterocycles. The summed E-state index contributed by atoms with van der Waals surface area (Å²) in [4.78, 5) is 12.4. The van der Waals surface area contributed by atoms with Crippen molar-refractivity contribution in [3.8, 4) is 11.5 Å². The highest BCUT2D eigenvalue weighted by atomic mass is 32.1. The molecule has 2 aromatic rings. The lowest BCUT2D eigenvalue weighted by Crippen LogP contribution is -2.19. The zero-order chi connectivity index (χ0) is 17.2. The molecular weight excluding hydrogens is 324 g/mol. The Morgan fingerprint density at radius 3 is 2.57 bits per heavy atom. The topological polar surface area (TPSA) is 48.4 Å². The van der Waals surface area contributed by atoms with E-state index in [1.54, 1.807) is 5.38 Å². The maximum Gasteiger partial charge on any atom is 0.346 e. The molecule has 2 rings (SSSR count). The number of nitrogens with zero attached hydrogens (tertiary/aromatic N) is 1. The van der Waals surface area contributed by atoms with Crippen molar-refractivity contribution in [1.82, 2.24) is 4.37 Å². The molecule has 0 aliphatic rings. The maximum atomic E-state index is 13.0. The maximum absolute atomic E-state index is 13.0. The van der Waals surface area contributed by atoms with Crippen LogP contribution in [0, 0.1) is 0 Å². The SMILES string of the molecule is COc1c(OC(=O)c2csnc2C(C)(C)C)cccc1C(F)F. The Morgan fingerprint density at radius 2 is 2.00 bits per heavy atom. The summed E-state index contributed by atoms with van der Waals surface area (Å²) in [6.45, 7) is 5.78. The summed E-state index contributed by atoms with van der Waals surface area (Å²) < 4.78 is 40.5. The molecule has 0 spiro atoms. The summed E-state index contributed by atoms with van der Waals surface area (Å²) in [6.07, 6.45) is -2.73. The van der Waals surface area contributed by atoms with E-state index in [9.17, 15) is 13.6 Å². The predicted octanol–water partition coefficient (Wildman–Crippen LogP) is 4.61. The van der Waals surface area contributed by atoms with E-state index < -0.39 is 12.4 Å². The summed E-state index contributed by atoms with van der Waals surface area (Å²) in [5, 5.41) is 1.59. The zero-order valence-corrected chi connectivity index (χ0v) is 14.0. The van der Waals surface area contributed by atoms with Gasteiger partial charge in [-0.15, -0.1) is 0 Å². The average molecular weight is 341 g/mol. The van der Waals surface area contributed by atoms with Crippen LogP contribution in [0.3, 0.4) is 0 Å². The van der Waals surface area contributed by atoms with Gasteiger partial charge >= 0.3 is 5.97 Å². The highest BCUT2D eigenvalue weighted by molar-refractivity contribution is 7.04. The smallest absolute Gasteiger partial charge is 0.346 e. The number of alkyl halides is 2. The van der Waals surface area contributed by atoms with Crippen LogP contribution in [0.15, 0.2) is 23.6 Å². The van der Waals surface area contributed by atoms with Crippen molar-refractivity contribution in [1.29, 1.82) is 0 Å². The van der Waals surface area contributed by atoms with Crippen molar-refractivity contribution in [2.75, 3.05) is 7.11 Å². The molecule has 1 aromatic carbocycles. The lowest BCUT2D eigenvalue weighted by atomic mass is 9.89. The standard InChI is InChI=1S/C16H17F2NO3S/c1-16(2,3)13-10(8-23-19-13)15(20)22-11-7-5-6-9(14(17)18)12(11)21-4/h5-8,14H,1-4H3. The van der Waals surface area contributed by atoms with Gasteiger partial charge in [-0.3, -0.25) is 0 Å². The van der Waals surface area contributed by atoms with E-state index in [0.29, 0.717) is 11.3 Å². The first kappa shape index (κ1) is 17.3. The third kappa shape index (κ3) is 3.67. The molecule has 0 aliphatic carbocycles.